The van der Waals surface area contributed by atoms with Crippen molar-refractivity contribution in [1.29, 1.82) is 0 Å². The van der Waals surface area contributed by atoms with Crippen LogP contribution in [0.5, 0.6) is 17.2 Å². The maximum atomic E-state index is 13.0. The Morgan fingerprint density at radius 3 is 2.19 bits per heavy atom. The molecule has 9 heteroatoms. The first-order valence-electron chi connectivity index (χ1n) is 17.1. The number of amides is 2. The molecule has 3 aromatic carbocycles. The van der Waals surface area contributed by atoms with Gasteiger partial charge in [-0.3, -0.25) is 14.4 Å². The second kappa shape index (κ2) is 18.6. The van der Waals surface area contributed by atoms with Gasteiger partial charge in [0.05, 0.1) is 25.3 Å². The minimum atomic E-state index is -0.793. The summed E-state index contributed by atoms with van der Waals surface area (Å²) in [6.45, 7) is 4.25. The molecule has 0 saturated heterocycles. The van der Waals surface area contributed by atoms with E-state index < -0.39 is 17.9 Å². The first-order valence-corrected chi connectivity index (χ1v) is 17.1. The lowest BCUT2D eigenvalue weighted by molar-refractivity contribution is -0.119. The average molecular weight is 657 g/mol. The number of carbonyl (C=O) groups is 4. The SMILES string of the molecule is CCCCCCCOc1ccc(C(=O)Oc2ccc(CC(NC(=O)c3ccc(NC(=O)CC4CCCC4)cc3)C(C)=O)cc2OC)cc1. The van der Waals surface area contributed by atoms with Gasteiger partial charge in [0.25, 0.3) is 5.91 Å². The number of nitrogens with one attached hydrogen (secondary N) is 2. The normalized spacial score (nSPS) is 13.4. The number of rotatable bonds is 18. The number of unbranched alkanes of at least 4 members (excludes halogenated alkanes) is 4. The average Bonchev–Trinajstić information content (AvgIpc) is 3.60. The summed E-state index contributed by atoms with van der Waals surface area (Å²) in [7, 11) is 1.47. The molecule has 256 valence electrons. The molecule has 0 aromatic heterocycles. The van der Waals surface area contributed by atoms with Gasteiger partial charge >= 0.3 is 5.97 Å². The smallest absolute Gasteiger partial charge is 0.343 e. The number of hydrogen-bond donors (Lipinski definition) is 2. The molecule has 1 fully saturated rings. The molecule has 2 N–H and O–H groups in total. The summed E-state index contributed by atoms with van der Waals surface area (Å²) in [5.41, 5.74) is 2.08. The molecule has 9 nitrogen and oxygen atoms in total. The van der Waals surface area contributed by atoms with Crippen LogP contribution in [0.3, 0.4) is 0 Å². The quantitative estimate of drug-likeness (QED) is 0.0818. The fraction of sp³-hybridized carbons (Fsp3) is 0.436. The molecule has 1 saturated carbocycles. The van der Waals surface area contributed by atoms with Crippen molar-refractivity contribution >= 4 is 29.3 Å². The van der Waals surface area contributed by atoms with Gasteiger partial charge < -0.3 is 24.8 Å². The Balaban J connectivity index is 1.30. The number of hydrogen-bond acceptors (Lipinski definition) is 7. The molecule has 0 spiro atoms. The zero-order valence-corrected chi connectivity index (χ0v) is 28.3. The number of ketones is 1. The van der Waals surface area contributed by atoms with Crippen molar-refractivity contribution < 1.29 is 33.4 Å². The van der Waals surface area contributed by atoms with Crippen LogP contribution in [0.2, 0.25) is 0 Å². The Hall–Kier alpha value is -4.66. The van der Waals surface area contributed by atoms with Crippen molar-refractivity contribution in [3.63, 3.8) is 0 Å². The number of benzene rings is 3. The molecule has 0 heterocycles. The molecule has 1 aliphatic carbocycles. The topological polar surface area (TPSA) is 120 Å². The van der Waals surface area contributed by atoms with Crippen LogP contribution in [0.25, 0.3) is 0 Å². The summed E-state index contributed by atoms with van der Waals surface area (Å²) in [5.74, 6) is 0.530. The number of Topliss-reactive ketones (excluding diaryl/α,β-unsaturated/α-hetero) is 1. The van der Waals surface area contributed by atoms with Crippen LogP contribution in [0, 0.1) is 5.92 Å². The number of esters is 1. The zero-order chi connectivity index (χ0) is 34.3. The molecular weight excluding hydrogens is 608 g/mol. The molecule has 3 aromatic rings. The van der Waals surface area contributed by atoms with E-state index in [1.807, 2.05) is 0 Å². The van der Waals surface area contributed by atoms with Crippen molar-refractivity contribution in [3.8, 4) is 17.2 Å². The molecular formula is C39H48N2O7. The van der Waals surface area contributed by atoms with Crippen LogP contribution in [-0.2, 0) is 16.0 Å². The van der Waals surface area contributed by atoms with Crippen molar-refractivity contribution in [1.82, 2.24) is 5.32 Å². The van der Waals surface area contributed by atoms with E-state index in [2.05, 4.69) is 17.6 Å². The van der Waals surface area contributed by atoms with Gasteiger partial charge in [0, 0.05) is 17.7 Å². The van der Waals surface area contributed by atoms with Gasteiger partial charge in [0.15, 0.2) is 17.3 Å². The second-order valence-electron chi connectivity index (χ2n) is 12.5. The Bertz CT molecular complexity index is 1510. The van der Waals surface area contributed by atoms with E-state index >= 15 is 0 Å². The van der Waals surface area contributed by atoms with Crippen molar-refractivity contribution in [2.75, 3.05) is 19.0 Å². The van der Waals surface area contributed by atoms with E-state index in [0.717, 1.165) is 25.7 Å². The predicted octanol–water partition coefficient (Wildman–Crippen LogP) is 7.71. The molecule has 0 aliphatic heterocycles. The van der Waals surface area contributed by atoms with Crippen LogP contribution in [0.4, 0.5) is 5.69 Å². The number of ether oxygens (including phenoxy) is 3. The van der Waals surface area contributed by atoms with Gasteiger partial charge in [-0.05, 0) is 105 Å². The maximum absolute atomic E-state index is 13.0. The summed E-state index contributed by atoms with van der Waals surface area (Å²) in [6, 6.07) is 17.7. The minimum Gasteiger partial charge on any atom is -0.494 e. The highest BCUT2D eigenvalue weighted by molar-refractivity contribution is 5.98. The van der Waals surface area contributed by atoms with Crippen molar-refractivity contribution in [3.05, 3.63) is 83.4 Å². The second-order valence-corrected chi connectivity index (χ2v) is 12.5. The van der Waals surface area contributed by atoms with Gasteiger partial charge in [0.2, 0.25) is 5.91 Å². The third kappa shape index (κ3) is 11.2. The Labute approximate surface area is 283 Å². The van der Waals surface area contributed by atoms with Crippen LogP contribution >= 0.6 is 0 Å². The van der Waals surface area contributed by atoms with Crippen molar-refractivity contribution in [2.24, 2.45) is 5.92 Å². The number of methoxy groups -OCH3 is 1. The summed E-state index contributed by atoms with van der Waals surface area (Å²) in [5, 5.41) is 5.72. The molecule has 1 aliphatic rings. The Kier molecular flexibility index (Phi) is 14.0. The van der Waals surface area contributed by atoms with E-state index in [1.165, 1.54) is 46.1 Å². The van der Waals surface area contributed by atoms with Gasteiger partial charge in [0.1, 0.15) is 5.75 Å². The van der Waals surface area contributed by atoms with E-state index in [0.29, 0.717) is 52.8 Å². The van der Waals surface area contributed by atoms with Gasteiger partial charge in [-0.1, -0.05) is 51.5 Å². The lowest BCUT2D eigenvalue weighted by Gasteiger charge is -2.18. The molecule has 4 rings (SSSR count). The summed E-state index contributed by atoms with van der Waals surface area (Å²) in [6.07, 6.45) is 11.1. The summed E-state index contributed by atoms with van der Waals surface area (Å²) in [4.78, 5) is 50.8. The Morgan fingerprint density at radius 2 is 1.52 bits per heavy atom. The first kappa shape index (κ1) is 36.2. The monoisotopic (exact) mass is 656 g/mol. The largest absolute Gasteiger partial charge is 0.494 e. The summed E-state index contributed by atoms with van der Waals surface area (Å²) >= 11 is 0. The van der Waals surface area contributed by atoms with E-state index in [4.69, 9.17) is 14.2 Å². The third-order valence-electron chi connectivity index (χ3n) is 8.65. The highest BCUT2D eigenvalue weighted by atomic mass is 16.6. The van der Waals surface area contributed by atoms with Crippen LogP contribution in [0.15, 0.2) is 66.7 Å². The van der Waals surface area contributed by atoms with E-state index in [9.17, 15) is 19.2 Å². The Morgan fingerprint density at radius 1 is 0.833 bits per heavy atom. The molecule has 1 atom stereocenters. The summed E-state index contributed by atoms with van der Waals surface area (Å²) < 4.78 is 16.9. The van der Waals surface area contributed by atoms with E-state index in [1.54, 1.807) is 66.7 Å². The van der Waals surface area contributed by atoms with Crippen molar-refractivity contribution in [2.45, 2.75) is 90.5 Å². The zero-order valence-electron chi connectivity index (χ0n) is 28.3. The molecule has 0 radical (unpaired) electrons. The standard InChI is InChI=1S/C39H48N2O7/c1-4-5-6-7-10-23-47-33-20-16-31(17-21-33)39(45)48-35-22-13-29(25-36(35)46-3)24-34(27(2)42)41-38(44)30-14-18-32(19-15-30)40-37(43)26-28-11-8-9-12-28/h13-22,25,28,34H,4-12,23-24,26H2,1-3H3,(H,40,43)(H,41,44). The maximum Gasteiger partial charge on any atom is 0.343 e. The fourth-order valence-corrected chi connectivity index (χ4v) is 5.83. The highest BCUT2D eigenvalue weighted by Crippen LogP contribution is 2.30. The van der Waals surface area contributed by atoms with Crippen LogP contribution in [-0.4, -0.2) is 43.3 Å². The van der Waals surface area contributed by atoms with Crippen LogP contribution < -0.4 is 24.8 Å². The third-order valence-corrected chi connectivity index (χ3v) is 8.65. The number of carbonyl (C=O) groups excluding carboxylic acids is 4. The lowest BCUT2D eigenvalue weighted by Crippen LogP contribution is -2.41. The predicted molar refractivity (Wildman–Crippen MR) is 186 cm³/mol. The number of anilines is 1. The van der Waals surface area contributed by atoms with Gasteiger partial charge in [-0.2, -0.15) is 0 Å². The molecule has 2 amide bonds. The highest BCUT2D eigenvalue weighted by Gasteiger charge is 2.21. The van der Waals surface area contributed by atoms with Gasteiger partial charge in [-0.25, -0.2) is 4.79 Å². The molecule has 1 unspecified atom stereocenters. The minimum absolute atomic E-state index is 0.0187. The first-order chi connectivity index (χ1) is 23.2. The fourth-order valence-electron chi connectivity index (χ4n) is 5.83. The molecule has 0 bridgehead atoms. The molecule has 48 heavy (non-hydrogen) atoms. The van der Waals surface area contributed by atoms with E-state index in [-0.39, 0.29) is 23.9 Å². The van der Waals surface area contributed by atoms with Gasteiger partial charge in [-0.15, -0.1) is 0 Å². The lowest BCUT2D eigenvalue weighted by atomic mass is 10.0. The van der Waals surface area contributed by atoms with Crippen LogP contribution in [0.1, 0.15) is 104 Å².